The molecule has 13 rings (SSSR count). The van der Waals surface area contributed by atoms with Gasteiger partial charge in [0.1, 0.15) is 11.2 Å². The molecule has 2 nitrogen and oxygen atoms in total. The fraction of sp³-hybridized carbons (Fsp3) is 0. The number of rotatable bonds is 7. The standard InChI is InChI=1S/C62H39NOS/c1-3-13-40(14-4-1)41-23-25-45(26-24-41)52-37-38-56(60-54-19-9-11-21-57(54)64-61(52)60)63(48-33-34-50-46(39-48)28-27-43-17-7-8-18-49(43)50)47-31-29-44(30-32-47)51-35-36-53(42-15-5-2-6-16-42)62-59(51)55-20-10-12-22-58(55)65-62/h1-39H. The van der Waals surface area contributed by atoms with E-state index >= 15 is 0 Å². The lowest BCUT2D eigenvalue weighted by Gasteiger charge is -2.27. The Labute approximate surface area is 380 Å². The van der Waals surface area contributed by atoms with Crippen molar-refractivity contribution in [3.05, 3.63) is 237 Å². The minimum Gasteiger partial charge on any atom is -0.455 e. The number of hydrogen-bond acceptors (Lipinski definition) is 3. The van der Waals surface area contributed by atoms with Gasteiger partial charge in [-0.25, -0.2) is 0 Å². The maximum atomic E-state index is 6.90. The van der Waals surface area contributed by atoms with Crippen molar-refractivity contribution < 1.29 is 4.42 Å². The molecule has 0 radical (unpaired) electrons. The lowest BCUT2D eigenvalue weighted by atomic mass is 9.94. The zero-order chi connectivity index (χ0) is 42.8. The normalized spacial score (nSPS) is 11.7. The number of para-hydroxylation sites is 1. The smallest absolute Gasteiger partial charge is 0.145 e. The third-order valence-corrected chi connectivity index (χ3v) is 14.3. The molecule has 0 saturated carbocycles. The number of furan rings is 1. The largest absolute Gasteiger partial charge is 0.455 e. The molecule has 3 heteroatoms. The van der Waals surface area contributed by atoms with Gasteiger partial charge < -0.3 is 9.32 Å². The minimum absolute atomic E-state index is 0.864. The number of nitrogens with zero attached hydrogens (tertiary/aromatic N) is 1. The second-order valence-electron chi connectivity index (χ2n) is 16.8. The van der Waals surface area contributed by atoms with Crippen LogP contribution in [0.5, 0.6) is 0 Å². The summed E-state index contributed by atoms with van der Waals surface area (Å²) in [6, 6.07) is 85.8. The van der Waals surface area contributed by atoms with Crippen LogP contribution < -0.4 is 4.90 Å². The Bertz CT molecular complexity index is 3920. The molecule has 0 bridgehead atoms. The molecule has 0 aliphatic rings. The van der Waals surface area contributed by atoms with Crippen LogP contribution in [-0.4, -0.2) is 0 Å². The van der Waals surface area contributed by atoms with Gasteiger partial charge in [-0.05, 0) is 109 Å². The lowest BCUT2D eigenvalue weighted by molar-refractivity contribution is 0.670. The minimum atomic E-state index is 0.864. The number of fused-ring (bicyclic) bond motifs is 9. The highest BCUT2D eigenvalue weighted by molar-refractivity contribution is 7.26. The van der Waals surface area contributed by atoms with Crippen LogP contribution >= 0.6 is 11.3 Å². The highest BCUT2D eigenvalue weighted by atomic mass is 32.1. The molecule has 65 heavy (non-hydrogen) atoms. The lowest BCUT2D eigenvalue weighted by Crippen LogP contribution is -2.10. The van der Waals surface area contributed by atoms with Gasteiger partial charge in [-0.2, -0.15) is 0 Å². The van der Waals surface area contributed by atoms with Crippen molar-refractivity contribution in [2.75, 3.05) is 4.90 Å². The molecule has 13 aromatic rings. The van der Waals surface area contributed by atoms with E-state index in [0.717, 1.165) is 50.1 Å². The van der Waals surface area contributed by atoms with Crippen molar-refractivity contribution in [3.8, 4) is 44.5 Å². The molecule has 0 amide bonds. The van der Waals surface area contributed by atoms with Crippen molar-refractivity contribution in [2.45, 2.75) is 0 Å². The summed E-state index contributed by atoms with van der Waals surface area (Å²) in [6.45, 7) is 0. The quantitative estimate of drug-likeness (QED) is 0.149. The maximum absolute atomic E-state index is 6.90. The van der Waals surface area contributed by atoms with Gasteiger partial charge in [-0.3, -0.25) is 0 Å². The topological polar surface area (TPSA) is 16.4 Å². The highest BCUT2D eigenvalue weighted by Gasteiger charge is 2.23. The Morgan fingerprint density at radius 2 is 0.892 bits per heavy atom. The van der Waals surface area contributed by atoms with Gasteiger partial charge >= 0.3 is 0 Å². The van der Waals surface area contributed by atoms with Crippen molar-refractivity contribution in [3.63, 3.8) is 0 Å². The molecule has 0 fully saturated rings. The Morgan fingerprint density at radius 3 is 1.71 bits per heavy atom. The first-order valence-corrected chi connectivity index (χ1v) is 23.0. The molecule has 304 valence electrons. The van der Waals surface area contributed by atoms with Crippen LogP contribution in [-0.2, 0) is 0 Å². The van der Waals surface area contributed by atoms with E-state index in [0.29, 0.717) is 0 Å². The van der Waals surface area contributed by atoms with Gasteiger partial charge in [0, 0.05) is 42.5 Å². The van der Waals surface area contributed by atoms with E-state index in [1.54, 1.807) is 0 Å². The zero-order valence-electron chi connectivity index (χ0n) is 35.3. The van der Waals surface area contributed by atoms with E-state index in [9.17, 15) is 0 Å². The maximum Gasteiger partial charge on any atom is 0.145 e. The summed E-state index contributed by atoms with van der Waals surface area (Å²) in [5.41, 5.74) is 14.4. The van der Waals surface area contributed by atoms with E-state index in [4.69, 9.17) is 4.42 Å². The fourth-order valence-corrected chi connectivity index (χ4v) is 11.2. The van der Waals surface area contributed by atoms with Crippen LogP contribution in [0.4, 0.5) is 17.1 Å². The van der Waals surface area contributed by atoms with Crippen LogP contribution in [0.25, 0.3) is 108 Å². The number of hydrogen-bond donors (Lipinski definition) is 0. The average Bonchev–Trinajstić information content (AvgIpc) is 3.97. The average molecular weight is 846 g/mol. The fourth-order valence-electron chi connectivity index (χ4n) is 9.97. The van der Waals surface area contributed by atoms with Gasteiger partial charge in [-0.1, -0.05) is 188 Å². The van der Waals surface area contributed by atoms with E-state index in [-0.39, 0.29) is 0 Å². The van der Waals surface area contributed by atoms with Crippen molar-refractivity contribution in [2.24, 2.45) is 0 Å². The number of thiophene rings is 1. The third-order valence-electron chi connectivity index (χ3n) is 13.1. The summed E-state index contributed by atoms with van der Waals surface area (Å²) in [4.78, 5) is 2.42. The highest BCUT2D eigenvalue weighted by Crippen LogP contribution is 2.49. The van der Waals surface area contributed by atoms with Crippen molar-refractivity contribution >= 4 is 92.1 Å². The molecule has 0 aliphatic carbocycles. The molecule has 0 atom stereocenters. The van der Waals surface area contributed by atoms with Gasteiger partial charge in [-0.15, -0.1) is 11.3 Å². The van der Waals surface area contributed by atoms with Crippen LogP contribution in [0.2, 0.25) is 0 Å². The monoisotopic (exact) mass is 845 g/mol. The molecule has 0 N–H and O–H groups in total. The Balaban J connectivity index is 1.00. The molecule has 0 saturated heterocycles. The summed E-state index contributed by atoms with van der Waals surface area (Å²) in [7, 11) is 0. The van der Waals surface area contributed by atoms with Crippen LogP contribution in [0.15, 0.2) is 241 Å². The molecule has 2 aromatic heterocycles. The molecular weight excluding hydrogens is 807 g/mol. The van der Waals surface area contributed by atoms with Crippen molar-refractivity contribution in [1.29, 1.82) is 0 Å². The molecule has 0 unspecified atom stereocenters. The van der Waals surface area contributed by atoms with E-state index in [1.165, 1.54) is 75.1 Å². The van der Waals surface area contributed by atoms with E-state index in [2.05, 4.69) is 241 Å². The second-order valence-corrected chi connectivity index (χ2v) is 17.8. The predicted octanol–water partition coefficient (Wildman–Crippen LogP) is 18.4. The van der Waals surface area contributed by atoms with Gasteiger partial charge in [0.15, 0.2) is 0 Å². The van der Waals surface area contributed by atoms with Gasteiger partial charge in [0.25, 0.3) is 0 Å². The van der Waals surface area contributed by atoms with Crippen molar-refractivity contribution in [1.82, 2.24) is 0 Å². The SMILES string of the molecule is c1ccc(-c2ccc(-c3ccc(N(c4ccc(-c5ccc(-c6ccccc6)c6sc7ccccc7c56)cc4)c4ccc5c(ccc6ccccc65)c4)c4c3oc3ccccc34)cc2)cc1. The summed E-state index contributed by atoms with van der Waals surface area (Å²) < 4.78 is 9.51. The first kappa shape index (κ1) is 37.3. The molecular formula is C62H39NOS. The summed E-state index contributed by atoms with van der Waals surface area (Å²) in [5.74, 6) is 0. The molecule has 11 aromatic carbocycles. The second kappa shape index (κ2) is 15.2. The van der Waals surface area contributed by atoms with Gasteiger partial charge in [0.2, 0.25) is 0 Å². The Hall–Kier alpha value is -8.24. The molecule has 0 aliphatic heterocycles. The van der Waals surface area contributed by atoms with Crippen LogP contribution in [0, 0.1) is 0 Å². The Kier molecular flexibility index (Phi) is 8.75. The summed E-state index contributed by atoms with van der Waals surface area (Å²) in [6.07, 6.45) is 0. The third kappa shape index (κ3) is 6.24. The zero-order valence-corrected chi connectivity index (χ0v) is 36.1. The summed E-state index contributed by atoms with van der Waals surface area (Å²) in [5, 5.41) is 9.68. The van der Waals surface area contributed by atoms with Gasteiger partial charge in [0.05, 0.1) is 11.1 Å². The molecule has 0 spiro atoms. The first-order chi connectivity index (χ1) is 32.2. The number of anilines is 3. The van der Waals surface area contributed by atoms with Crippen LogP contribution in [0.1, 0.15) is 0 Å². The summed E-state index contributed by atoms with van der Waals surface area (Å²) >= 11 is 1.88. The molecule has 2 heterocycles. The van der Waals surface area contributed by atoms with E-state index in [1.807, 2.05) is 11.3 Å². The predicted molar refractivity (Wildman–Crippen MR) is 278 cm³/mol. The Morgan fingerprint density at radius 1 is 0.338 bits per heavy atom. The van der Waals surface area contributed by atoms with Crippen LogP contribution in [0.3, 0.4) is 0 Å². The first-order valence-electron chi connectivity index (χ1n) is 22.2. The van der Waals surface area contributed by atoms with E-state index < -0.39 is 0 Å². The number of benzene rings is 11.